The predicted molar refractivity (Wildman–Crippen MR) is 120 cm³/mol. The van der Waals surface area contributed by atoms with E-state index in [2.05, 4.69) is 44.8 Å². The van der Waals surface area contributed by atoms with Gasteiger partial charge in [-0.1, -0.05) is 36.7 Å². The van der Waals surface area contributed by atoms with E-state index in [1.54, 1.807) is 11.1 Å². The number of halogens is 1. The molecular weight excluding hydrogens is 426 g/mol. The number of carbonyl (C=O) groups excluding carboxylic acids is 1. The lowest BCUT2D eigenvalue weighted by atomic mass is 9.79. The summed E-state index contributed by atoms with van der Waals surface area (Å²) in [7, 11) is 0. The lowest BCUT2D eigenvalue weighted by Crippen LogP contribution is -2.39. The molecule has 8 nitrogen and oxygen atoms in total. The van der Waals surface area contributed by atoms with Crippen LogP contribution >= 0.6 is 11.6 Å². The molecule has 0 saturated heterocycles. The number of tetrazole rings is 1. The normalized spacial score (nSPS) is 19.1. The Kier molecular flexibility index (Phi) is 4.19. The van der Waals surface area contributed by atoms with E-state index in [1.807, 2.05) is 35.1 Å². The second-order valence-electron chi connectivity index (χ2n) is 8.42. The third-order valence-corrected chi connectivity index (χ3v) is 6.69. The van der Waals surface area contributed by atoms with E-state index >= 15 is 0 Å². The van der Waals surface area contributed by atoms with Crippen LogP contribution < -0.4 is 4.90 Å². The van der Waals surface area contributed by atoms with Crippen molar-refractivity contribution in [2.24, 2.45) is 0 Å². The van der Waals surface area contributed by atoms with Gasteiger partial charge in [0, 0.05) is 23.3 Å². The molecule has 1 aliphatic carbocycles. The SMILES string of the molecule is CCCn1cc(N2C(=O)C3(Cc4ccc(-c5nn[nH]n5)cc4C3)c3ccc(Cl)cc32)cn1. The van der Waals surface area contributed by atoms with Crippen molar-refractivity contribution in [2.75, 3.05) is 4.90 Å². The second kappa shape index (κ2) is 7.00. The van der Waals surface area contributed by atoms with Crippen LogP contribution in [0.5, 0.6) is 0 Å². The van der Waals surface area contributed by atoms with Crippen molar-refractivity contribution in [1.82, 2.24) is 30.4 Å². The second-order valence-corrected chi connectivity index (χ2v) is 8.85. The number of aryl methyl sites for hydroxylation is 1. The monoisotopic (exact) mass is 445 g/mol. The molecule has 1 atom stereocenters. The fourth-order valence-corrected chi connectivity index (χ4v) is 5.22. The third kappa shape index (κ3) is 2.72. The van der Waals surface area contributed by atoms with Gasteiger partial charge in [0.25, 0.3) is 0 Å². The van der Waals surface area contributed by atoms with Crippen LogP contribution in [-0.4, -0.2) is 36.3 Å². The fraction of sp³-hybridized carbons (Fsp3) is 0.261. The number of aromatic nitrogens is 6. The maximum atomic E-state index is 14.1. The molecule has 2 aromatic heterocycles. The molecule has 0 fully saturated rings. The Morgan fingerprint density at radius 3 is 2.84 bits per heavy atom. The van der Waals surface area contributed by atoms with Crippen LogP contribution in [0.1, 0.15) is 30.0 Å². The van der Waals surface area contributed by atoms with Crippen molar-refractivity contribution < 1.29 is 4.79 Å². The lowest BCUT2D eigenvalue weighted by Gasteiger charge is -2.23. The van der Waals surface area contributed by atoms with Gasteiger partial charge in [-0.25, -0.2) is 0 Å². The molecule has 1 N–H and O–H groups in total. The molecule has 0 saturated carbocycles. The van der Waals surface area contributed by atoms with E-state index in [4.69, 9.17) is 11.6 Å². The zero-order valence-corrected chi connectivity index (χ0v) is 18.2. The number of nitrogens with one attached hydrogen (secondary N) is 1. The van der Waals surface area contributed by atoms with Gasteiger partial charge in [0.15, 0.2) is 0 Å². The number of amides is 1. The van der Waals surface area contributed by atoms with Gasteiger partial charge >= 0.3 is 0 Å². The summed E-state index contributed by atoms with van der Waals surface area (Å²) in [6, 6.07) is 11.9. The van der Waals surface area contributed by atoms with Crippen LogP contribution in [0.4, 0.5) is 11.4 Å². The summed E-state index contributed by atoms with van der Waals surface area (Å²) in [5, 5.41) is 19.4. The molecule has 4 aromatic rings. The van der Waals surface area contributed by atoms with Crippen molar-refractivity contribution >= 4 is 28.9 Å². The molecule has 0 bridgehead atoms. The molecule has 2 aliphatic rings. The molecule has 1 spiro atoms. The number of carbonyl (C=O) groups is 1. The Hall–Kier alpha value is -3.52. The average molecular weight is 446 g/mol. The molecule has 0 radical (unpaired) electrons. The zero-order chi connectivity index (χ0) is 21.9. The third-order valence-electron chi connectivity index (χ3n) is 6.45. The Bertz CT molecular complexity index is 1350. The highest BCUT2D eigenvalue weighted by atomic mass is 35.5. The predicted octanol–water partition coefficient (Wildman–Crippen LogP) is 3.84. The molecule has 2 aromatic carbocycles. The summed E-state index contributed by atoms with van der Waals surface area (Å²) in [4.78, 5) is 15.8. The van der Waals surface area contributed by atoms with Crippen molar-refractivity contribution in [3.8, 4) is 11.4 Å². The summed E-state index contributed by atoms with van der Waals surface area (Å²) in [5.41, 5.74) is 5.13. The number of aromatic amines is 1. The van der Waals surface area contributed by atoms with E-state index < -0.39 is 5.41 Å². The van der Waals surface area contributed by atoms with E-state index in [0.717, 1.165) is 46.6 Å². The fourth-order valence-electron chi connectivity index (χ4n) is 5.05. The van der Waals surface area contributed by atoms with Crippen LogP contribution in [0.25, 0.3) is 11.4 Å². The first-order valence-corrected chi connectivity index (χ1v) is 11.0. The number of H-pyrrole nitrogens is 1. The highest BCUT2D eigenvalue weighted by Gasteiger charge is 2.54. The number of nitrogens with zero attached hydrogens (tertiary/aromatic N) is 6. The summed E-state index contributed by atoms with van der Waals surface area (Å²) < 4.78 is 1.87. The topological polar surface area (TPSA) is 92.6 Å². The van der Waals surface area contributed by atoms with E-state index in [-0.39, 0.29) is 5.91 Å². The molecule has 32 heavy (non-hydrogen) atoms. The van der Waals surface area contributed by atoms with Crippen LogP contribution in [0, 0.1) is 0 Å². The summed E-state index contributed by atoms with van der Waals surface area (Å²) >= 11 is 6.36. The Labute approximate surface area is 189 Å². The van der Waals surface area contributed by atoms with Gasteiger partial charge in [-0.3, -0.25) is 14.4 Å². The smallest absolute Gasteiger partial charge is 0.243 e. The van der Waals surface area contributed by atoms with Gasteiger partial charge in [0.1, 0.15) is 0 Å². The van der Waals surface area contributed by atoms with E-state index in [0.29, 0.717) is 23.7 Å². The van der Waals surface area contributed by atoms with Gasteiger partial charge in [-0.05, 0) is 59.4 Å². The summed E-state index contributed by atoms with van der Waals surface area (Å²) in [6.07, 6.45) is 5.91. The number of rotatable bonds is 4. The summed E-state index contributed by atoms with van der Waals surface area (Å²) in [6.45, 7) is 2.91. The van der Waals surface area contributed by atoms with Gasteiger partial charge in [-0.2, -0.15) is 10.3 Å². The average Bonchev–Trinajstić information content (AvgIpc) is 3.56. The molecule has 1 unspecified atom stereocenters. The Balaban J connectivity index is 1.44. The standard InChI is InChI=1S/C23H20ClN7O/c1-2-7-30-13-18(12-25-30)31-20-9-17(24)5-6-19(20)23(22(31)32)10-15-4-3-14(8-16(15)11-23)21-26-28-29-27-21/h3-6,8-9,12-13H,2,7,10-11H2,1H3,(H,26,27,28,29). The number of hydrogen-bond donors (Lipinski definition) is 1. The molecule has 3 heterocycles. The highest BCUT2D eigenvalue weighted by Crippen LogP contribution is 2.52. The van der Waals surface area contributed by atoms with Crippen LogP contribution in [0.2, 0.25) is 5.02 Å². The molecule has 1 amide bonds. The maximum Gasteiger partial charge on any atom is 0.243 e. The molecular formula is C23H20ClN7O. The maximum absolute atomic E-state index is 14.1. The van der Waals surface area contributed by atoms with Gasteiger partial charge in [-0.15, -0.1) is 10.2 Å². The molecule has 9 heteroatoms. The first-order valence-electron chi connectivity index (χ1n) is 10.6. The van der Waals surface area contributed by atoms with Gasteiger partial charge < -0.3 is 0 Å². The quantitative estimate of drug-likeness (QED) is 0.515. The minimum atomic E-state index is -0.662. The first-order chi connectivity index (χ1) is 15.6. The number of benzene rings is 2. The Morgan fingerprint density at radius 2 is 2.03 bits per heavy atom. The Morgan fingerprint density at radius 1 is 1.16 bits per heavy atom. The molecule has 1 aliphatic heterocycles. The largest absolute Gasteiger partial charge is 0.277 e. The first kappa shape index (κ1) is 19.2. The van der Waals surface area contributed by atoms with Gasteiger partial charge in [0.05, 0.1) is 23.0 Å². The molecule has 6 rings (SSSR count). The van der Waals surface area contributed by atoms with Crippen molar-refractivity contribution in [3.63, 3.8) is 0 Å². The van der Waals surface area contributed by atoms with Crippen molar-refractivity contribution in [3.05, 3.63) is 70.5 Å². The minimum Gasteiger partial charge on any atom is -0.277 e. The minimum absolute atomic E-state index is 0.0585. The number of fused-ring (bicyclic) bond motifs is 3. The van der Waals surface area contributed by atoms with Crippen LogP contribution in [0.3, 0.4) is 0 Å². The van der Waals surface area contributed by atoms with E-state index in [1.165, 1.54) is 0 Å². The number of hydrogen-bond acceptors (Lipinski definition) is 5. The van der Waals surface area contributed by atoms with Gasteiger partial charge in [0.2, 0.25) is 11.7 Å². The van der Waals surface area contributed by atoms with Crippen molar-refractivity contribution in [1.29, 1.82) is 0 Å². The number of anilines is 2. The summed E-state index contributed by atoms with van der Waals surface area (Å²) in [5.74, 6) is 0.603. The van der Waals surface area contributed by atoms with Crippen LogP contribution in [0.15, 0.2) is 48.8 Å². The zero-order valence-electron chi connectivity index (χ0n) is 17.4. The van der Waals surface area contributed by atoms with Crippen molar-refractivity contribution in [2.45, 2.75) is 38.1 Å². The lowest BCUT2D eigenvalue weighted by molar-refractivity contribution is -0.122. The molecule has 160 valence electrons. The highest BCUT2D eigenvalue weighted by molar-refractivity contribution is 6.31. The van der Waals surface area contributed by atoms with E-state index in [9.17, 15) is 4.79 Å². The van der Waals surface area contributed by atoms with Crippen LogP contribution in [-0.2, 0) is 29.6 Å².